The molecule has 21 heavy (non-hydrogen) atoms. The van der Waals surface area contributed by atoms with Crippen LogP contribution >= 0.6 is 0 Å². The van der Waals surface area contributed by atoms with E-state index in [1.54, 1.807) is 4.90 Å². The number of piperidine rings is 1. The van der Waals surface area contributed by atoms with Crippen molar-refractivity contribution in [3.05, 3.63) is 0 Å². The van der Waals surface area contributed by atoms with Crippen molar-refractivity contribution < 1.29 is 13.2 Å². The molecule has 124 valence electrons. The van der Waals surface area contributed by atoms with Gasteiger partial charge in [-0.05, 0) is 24.7 Å². The number of sulfonamides is 1. The van der Waals surface area contributed by atoms with Crippen LogP contribution in [-0.2, 0) is 14.8 Å². The molecule has 0 aromatic carbocycles. The fraction of sp³-hybridized carbons (Fsp3) is 0.929. The lowest BCUT2D eigenvalue weighted by atomic mass is 9.87. The Bertz CT molecular complexity index is 449. The van der Waals surface area contributed by atoms with Gasteiger partial charge in [0.25, 0.3) is 0 Å². The third kappa shape index (κ3) is 7.78. The van der Waals surface area contributed by atoms with Crippen LogP contribution in [0.25, 0.3) is 0 Å². The highest BCUT2D eigenvalue weighted by Gasteiger charge is 2.26. The number of carbonyl (C=O) groups excluding carboxylic acids is 1. The van der Waals surface area contributed by atoms with Crippen LogP contribution in [0.1, 0.15) is 46.5 Å². The lowest BCUT2D eigenvalue weighted by Crippen LogP contribution is -2.47. The van der Waals surface area contributed by atoms with Gasteiger partial charge in [-0.1, -0.05) is 20.8 Å². The van der Waals surface area contributed by atoms with Crippen molar-refractivity contribution in [2.45, 2.75) is 58.5 Å². The third-order valence-corrected chi connectivity index (χ3v) is 4.30. The monoisotopic (exact) mass is 319 g/mol. The predicted octanol–water partition coefficient (Wildman–Crippen LogP) is 0.680. The quantitative estimate of drug-likeness (QED) is 0.779. The predicted molar refractivity (Wildman–Crippen MR) is 84.2 cm³/mol. The molecule has 0 aliphatic carbocycles. The van der Waals surface area contributed by atoms with Gasteiger partial charge in [0, 0.05) is 31.6 Å². The average Bonchev–Trinajstić information content (AvgIpc) is 2.24. The van der Waals surface area contributed by atoms with Crippen molar-refractivity contribution in [1.29, 1.82) is 0 Å². The van der Waals surface area contributed by atoms with E-state index in [9.17, 15) is 13.2 Å². The third-order valence-electron chi connectivity index (χ3n) is 3.54. The molecule has 3 N–H and O–H groups in total. The molecule has 1 unspecified atom stereocenters. The number of hydrogen-bond donors (Lipinski definition) is 2. The van der Waals surface area contributed by atoms with Gasteiger partial charge in [-0.3, -0.25) is 4.79 Å². The summed E-state index contributed by atoms with van der Waals surface area (Å²) in [5.74, 6) is 0.0737. The fourth-order valence-corrected chi connectivity index (χ4v) is 3.60. The van der Waals surface area contributed by atoms with Crippen LogP contribution in [0.15, 0.2) is 0 Å². The van der Waals surface area contributed by atoms with Crippen LogP contribution in [0, 0.1) is 5.41 Å². The van der Waals surface area contributed by atoms with Crippen molar-refractivity contribution in [3.63, 3.8) is 0 Å². The molecule has 0 bridgehead atoms. The second-order valence-corrected chi connectivity index (χ2v) is 9.05. The molecule has 0 radical (unpaired) electrons. The molecular weight excluding hydrogens is 290 g/mol. The number of hydrogen-bond acceptors (Lipinski definition) is 4. The van der Waals surface area contributed by atoms with Gasteiger partial charge in [0.05, 0.1) is 6.26 Å². The summed E-state index contributed by atoms with van der Waals surface area (Å²) in [6.45, 7) is 7.52. The van der Waals surface area contributed by atoms with Crippen LogP contribution in [0.5, 0.6) is 0 Å². The Labute approximate surface area is 128 Å². The number of carbonyl (C=O) groups is 1. The normalized spacial score (nSPS) is 19.6. The van der Waals surface area contributed by atoms with E-state index < -0.39 is 10.0 Å². The lowest BCUT2D eigenvalue weighted by Gasteiger charge is -2.33. The van der Waals surface area contributed by atoms with Crippen molar-refractivity contribution in [3.8, 4) is 0 Å². The van der Waals surface area contributed by atoms with Gasteiger partial charge in [-0.2, -0.15) is 0 Å². The van der Waals surface area contributed by atoms with E-state index in [4.69, 9.17) is 5.73 Å². The average molecular weight is 319 g/mol. The molecule has 1 saturated heterocycles. The minimum atomic E-state index is -3.17. The molecule has 1 aliphatic rings. The van der Waals surface area contributed by atoms with Gasteiger partial charge in [0.1, 0.15) is 0 Å². The SMILES string of the molecule is CC(C)(C)CC(N)CC(=O)N1CCC(NS(C)(=O)=O)CC1. The lowest BCUT2D eigenvalue weighted by molar-refractivity contribution is -0.132. The van der Waals surface area contributed by atoms with Gasteiger partial charge in [-0.25, -0.2) is 13.1 Å². The maximum absolute atomic E-state index is 12.2. The van der Waals surface area contributed by atoms with E-state index in [0.29, 0.717) is 32.4 Å². The van der Waals surface area contributed by atoms with Crippen LogP contribution < -0.4 is 10.5 Å². The first-order valence-corrected chi connectivity index (χ1v) is 9.36. The zero-order chi connectivity index (χ0) is 16.3. The number of nitrogens with zero attached hydrogens (tertiary/aromatic N) is 1. The summed E-state index contributed by atoms with van der Waals surface area (Å²) in [4.78, 5) is 14.0. The zero-order valence-electron chi connectivity index (χ0n) is 13.6. The summed E-state index contributed by atoms with van der Waals surface area (Å²) in [6, 6.07) is -0.184. The molecule has 1 rings (SSSR count). The second-order valence-electron chi connectivity index (χ2n) is 7.27. The summed E-state index contributed by atoms with van der Waals surface area (Å²) < 4.78 is 25.0. The number of amides is 1. The second kappa shape index (κ2) is 7.07. The molecule has 6 nitrogen and oxygen atoms in total. The zero-order valence-corrected chi connectivity index (χ0v) is 14.4. The summed E-state index contributed by atoms with van der Waals surface area (Å²) in [5, 5.41) is 0. The van der Waals surface area contributed by atoms with Crippen molar-refractivity contribution in [1.82, 2.24) is 9.62 Å². The summed E-state index contributed by atoms with van der Waals surface area (Å²) in [6.07, 6.45) is 3.66. The first kappa shape index (κ1) is 18.4. The standard InChI is InChI=1S/C14H29N3O3S/c1-14(2,3)10-11(15)9-13(18)17-7-5-12(6-8-17)16-21(4,19)20/h11-12,16H,5-10,15H2,1-4H3. The molecule has 1 fully saturated rings. The van der Waals surface area contributed by atoms with E-state index in [1.807, 2.05) is 0 Å². The maximum Gasteiger partial charge on any atom is 0.224 e. The summed E-state index contributed by atoms with van der Waals surface area (Å²) >= 11 is 0. The smallest absolute Gasteiger partial charge is 0.224 e. The molecule has 7 heteroatoms. The largest absolute Gasteiger partial charge is 0.343 e. The molecule has 1 amide bonds. The van der Waals surface area contributed by atoms with Crippen molar-refractivity contribution in [2.24, 2.45) is 11.1 Å². The van der Waals surface area contributed by atoms with Crippen molar-refractivity contribution in [2.75, 3.05) is 19.3 Å². The van der Waals surface area contributed by atoms with Gasteiger partial charge in [-0.15, -0.1) is 0 Å². The Balaban J connectivity index is 2.38. The highest BCUT2D eigenvalue weighted by atomic mass is 32.2. The fourth-order valence-electron chi connectivity index (χ4n) is 2.76. The van der Waals surface area contributed by atoms with Gasteiger partial charge >= 0.3 is 0 Å². The molecule has 1 heterocycles. The Morgan fingerprint density at radius 2 is 1.86 bits per heavy atom. The van der Waals surface area contributed by atoms with E-state index in [0.717, 1.165) is 12.7 Å². The van der Waals surface area contributed by atoms with Crippen LogP contribution in [0.3, 0.4) is 0 Å². The highest BCUT2D eigenvalue weighted by Crippen LogP contribution is 2.22. The van der Waals surface area contributed by atoms with Crippen molar-refractivity contribution >= 4 is 15.9 Å². The maximum atomic E-state index is 12.2. The molecular formula is C14H29N3O3S. The van der Waals surface area contributed by atoms with E-state index >= 15 is 0 Å². The summed E-state index contributed by atoms with van der Waals surface area (Å²) in [7, 11) is -3.17. The first-order chi connectivity index (χ1) is 9.46. The summed E-state index contributed by atoms with van der Waals surface area (Å²) in [5.41, 5.74) is 6.16. The van der Waals surface area contributed by atoms with Gasteiger partial charge in [0.15, 0.2) is 0 Å². The van der Waals surface area contributed by atoms with Crippen LogP contribution in [0.2, 0.25) is 0 Å². The number of likely N-dealkylation sites (tertiary alicyclic amines) is 1. The Morgan fingerprint density at radius 3 is 2.29 bits per heavy atom. The van der Waals surface area contributed by atoms with Crippen LogP contribution in [-0.4, -0.2) is 50.7 Å². The number of nitrogens with two attached hydrogens (primary N) is 1. The molecule has 1 aliphatic heterocycles. The minimum absolute atomic E-state index is 0.0627. The number of nitrogens with one attached hydrogen (secondary N) is 1. The van der Waals surface area contributed by atoms with Crippen LogP contribution in [0.4, 0.5) is 0 Å². The molecule has 0 aromatic heterocycles. The minimum Gasteiger partial charge on any atom is -0.343 e. The van der Waals surface area contributed by atoms with E-state index in [1.165, 1.54) is 0 Å². The highest BCUT2D eigenvalue weighted by molar-refractivity contribution is 7.88. The Hall–Kier alpha value is -0.660. The molecule has 1 atom stereocenters. The van der Waals surface area contributed by atoms with E-state index in [-0.39, 0.29) is 23.4 Å². The Kier molecular flexibility index (Phi) is 6.19. The van der Waals surface area contributed by atoms with E-state index in [2.05, 4.69) is 25.5 Å². The molecule has 0 aromatic rings. The topological polar surface area (TPSA) is 92.5 Å². The van der Waals surface area contributed by atoms with Gasteiger partial charge in [0.2, 0.25) is 15.9 Å². The Morgan fingerprint density at radius 1 is 1.33 bits per heavy atom. The molecule has 0 saturated carbocycles. The first-order valence-electron chi connectivity index (χ1n) is 7.47. The molecule has 0 spiro atoms. The number of rotatable bonds is 5. The van der Waals surface area contributed by atoms with Gasteiger partial charge < -0.3 is 10.6 Å².